The Hall–Kier alpha value is -3.03. The molecule has 6 nitrogen and oxygen atoms in total. The second kappa shape index (κ2) is 8.99. The Labute approximate surface area is 186 Å². The third kappa shape index (κ3) is 4.84. The normalized spacial score (nSPS) is 11.2. The summed E-state index contributed by atoms with van der Waals surface area (Å²) < 4.78 is 31.8. The average molecular weight is 460 g/mol. The van der Waals surface area contributed by atoms with Gasteiger partial charge in [0, 0.05) is 25.2 Å². The number of hydrogen-bond acceptors (Lipinski definition) is 5. The first kappa shape index (κ1) is 22.7. The highest BCUT2D eigenvalue weighted by Gasteiger charge is 2.26. The lowest BCUT2D eigenvalue weighted by atomic mass is 10.0. The van der Waals surface area contributed by atoms with Gasteiger partial charge in [0.1, 0.15) is 10.6 Å². The minimum atomic E-state index is -4.06. The molecule has 0 saturated heterocycles. The molecule has 31 heavy (non-hydrogen) atoms. The third-order valence-corrected chi connectivity index (χ3v) is 6.71. The van der Waals surface area contributed by atoms with E-state index >= 15 is 0 Å². The predicted molar refractivity (Wildman–Crippen MR) is 120 cm³/mol. The van der Waals surface area contributed by atoms with Crippen LogP contribution < -0.4 is 4.74 Å². The van der Waals surface area contributed by atoms with Crippen LogP contribution in [0, 0.1) is 0 Å². The first-order valence-corrected chi connectivity index (χ1v) is 11.4. The van der Waals surface area contributed by atoms with Crippen LogP contribution in [0.4, 0.5) is 0 Å². The van der Waals surface area contributed by atoms with Crippen molar-refractivity contribution in [3.8, 4) is 22.6 Å². The van der Waals surface area contributed by atoms with E-state index in [1.54, 1.807) is 12.1 Å². The van der Waals surface area contributed by atoms with Gasteiger partial charge in [0.15, 0.2) is 15.6 Å². The number of carbonyl (C=O) groups excluding carboxylic acids is 1. The second-order valence-electron chi connectivity index (χ2n) is 7.16. The van der Waals surface area contributed by atoms with Crippen molar-refractivity contribution in [2.45, 2.75) is 10.6 Å². The number of carbonyl (C=O) groups is 1. The number of halogens is 1. The van der Waals surface area contributed by atoms with Gasteiger partial charge in [0.05, 0.1) is 17.9 Å². The van der Waals surface area contributed by atoms with Gasteiger partial charge in [-0.15, -0.1) is 0 Å². The zero-order chi connectivity index (χ0) is 22.8. The number of phenolic OH excluding ortho intramolecular Hbond substituents is 1. The zero-order valence-corrected chi connectivity index (χ0v) is 18.9. The number of amides is 1. The summed E-state index contributed by atoms with van der Waals surface area (Å²) in [5.41, 5.74) is 2.23. The zero-order valence-electron chi connectivity index (χ0n) is 17.3. The van der Waals surface area contributed by atoms with Gasteiger partial charge < -0.3 is 14.7 Å². The quantitative estimate of drug-likeness (QED) is 0.590. The molecule has 0 heterocycles. The standard InChI is InChI=1S/C23H22ClNO5S/c1-25(2)23(27)17-12-19(24)22(26)21(13-17)31(28,29)14-18-11-16(9-10-20(18)30-3)15-7-5-4-6-8-15/h4-13,26H,14H2,1-3H3. The Kier molecular flexibility index (Phi) is 6.57. The Balaban J connectivity index is 2.07. The summed E-state index contributed by atoms with van der Waals surface area (Å²) in [5, 5.41) is 10.1. The number of aromatic hydroxyl groups is 1. The predicted octanol–water partition coefficient (Wildman–Crippen LogP) is 4.40. The Morgan fingerprint density at radius 1 is 1.03 bits per heavy atom. The minimum absolute atomic E-state index is 0.0661. The van der Waals surface area contributed by atoms with Crippen LogP contribution >= 0.6 is 11.6 Å². The molecule has 0 saturated carbocycles. The van der Waals surface area contributed by atoms with E-state index in [9.17, 15) is 18.3 Å². The third-order valence-electron chi connectivity index (χ3n) is 4.75. The van der Waals surface area contributed by atoms with E-state index < -0.39 is 32.1 Å². The van der Waals surface area contributed by atoms with Gasteiger partial charge in [-0.2, -0.15) is 0 Å². The number of benzene rings is 3. The van der Waals surface area contributed by atoms with E-state index in [2.05, 4.69) is 0 Å². The van der Waals surface area contributed by atoms with Gasteiger partial charge in [0.25, 0.3) is 5.91 Å². The molecule has 0 bridgehead atoms. The molecule has 0 spiro atoms. The molecule has 0 radical (unpaired) electrons. The van der Waals surface area contributed by atoms with Crippen molar-refractivity contribution in [2.75, 3.05) is 21.2 Å². The van der Waals surface area contributed by atoms with E-state index in [4.69, 9.17) is 16.3 Å². The molecule has 0 atom stereocenters. The summed E-state index contributed by atoms with van der Waals surface area (Å²) in [6.07, 6.45) is 0. The topological polar surface area (TPSA) is 83.9 Å². The lowest BCUT2D eigenvalue weighted by molar-refractivity contribution is 0.0827. The smallest absolute Gasteiger partial charge is 0.253 e. The van der Waals surface area contributed by atoms with Gasteiger partial charge in [-0.1, -0.05) is 48.0 Å². The fourth-order valence-electron chi connectivity index (χ4n) is 3.18. The molecular weight excluding hydrogens is 438 g/mol. The monoisotopic (exact) mass is 459 g/mol. The number of methoxy groups -OCH3 is 1. The number of phenols is 1. The molecule has 3 aromatic carbocycles. The van der Waals surface area contributed by atoms with Crippen molar-refractivity contribution in [1.82, 2.24) is 4.90 Å². The number of rotatable bonds is 6. The van der Waals surface area contributed by atoms with Crippen molar-refractivity contribution in [3.63, 3.8) is 0 Å². The number of ether oxygens (including phenoxy) is 1. The SMILES string of the molecule is COc1ccc(-c2ccccc2)cc1CS(=O)(=O)c1cc(C(=O)N(C)C)cc(Cl)c1O. The van der Waals surface area contributed by atoms with Crippen LogP contribution in [0.15, 0.2) is 65.6 Å². The summed E-state index contributed by atoms with van der Waals surface area (Å²) >= 11 is 6.03. The number of hydrogen-bond donors (Lipinski definition) is 1. The molecule has 0 fully saturated rings. The highest BCUT2D eigenvalue weighted by molar-refractivity contribution is 7.90. The summed E-state index contributed by atoms with van der Waals surface area (Å²) in [6, 6.07) is 17.2. The molecule has 1 N–H and O–H groups in total. The lowest BCUT2D eigenvalue weighted by Gasteiger charge is -2.15. The highest BCUT2D eigenvalue weighted by atomic mass is 35.5. The maximum absolute atomic E-state index is 13.2. The molecule has 0 aliphatic heterocycles. The summed E-state index contributed by atoms with van der Waals surface area (Å²) in [7, 11) is 0.470. The summed E-state index contributed by atoms with van der Waals surface area (Å²) in [5.74, 6) is -1.06. The molecule has 0 unspecified atom stereocenters. The van der Waals surface area contributed by atoms with Crippen LogP contribution in [0.2, 0.25) is 5.02 Å². The average Bonchev–Trinajstić information content (AvgIpc) is 2.75. The van der Waals surface area contributed by atoms with Crippen LogP contribution in [-0.4, -0.2) is 45.5 Å². The van der Waals surface area contributed by atoms with Crippen LogP contribution in [0.5, 0.6) is 11.5 Å². The van der Waals surface area contributed by atoms with Crippen LogP contribution in [-0.2, 0) is 15.6 Å². The first-order valence-electron chi connectivity index (χ1n) is 9.33. The van der Waals surface area contributed by atoms with E-state index in [-0.39, 0.29) is 10.6 Å². The Bertz CT molecular complexity index is 1220. The van der Waals surface area contributed by atoms with Gasteiger partial charge in [-0.25, -0.2) is 8.42 Å². The molecule has 0 aromatic heterocycles. The summed E-state index contributed by atoms with van der Waals surface area (Å²) in [6.45, 7) is 0. The van der Waals surface area contributed by atoms with Crippen LogP contribution in [0.3, 0.4) is 0 Å². The molecule has 3 rings (SSSR count). The van der Waals surface area contributed by atoms with Crippen LogP contribution in [0.1, 0.15) is 15.9 Å². The van der Waals surface area contributed by atoms with Crippen molar-refractivity contribution in [1.29, 1.82) is 0 Å². The Morgan fingerprint density at radius 2 is 1.71 bits per heavy atom. The molecule has 162 valence electrons. The number of nitrogens with zero attached hydrogens (tertiary/aromatic N) is 1. The van der Waals surface area contributed by atoms with Gasteiger partial charge >= 0.3 is 0 Å². The molecule has 3 aromatic rings. The van der Waals surface area contributed by atoms with Crippen molar-refractivity contribution in [3.05, 3.63) is 76.8 Å². The molecule has 1 amide bonds. The van der Waals surface area contributed by atoms with Crippen molar-refractivity contribution >= 4 is 27.3 Å². The van der Waals surface area contributed by atoms with Crippen LogP contribution in [0.25, 0.3) is 11.1 Å². The van der Waals surface area contributed by atoms with Gasteiger partial charge in [0.2, 0.25) is 0 Å². The first-order chi connectivity index (χ1) is 14.6. The van der Waals surface area contributed by atoms with E-state index in [0.717, 1.165) is 17.2 Å². The molecule has 0 aliphatic rings. The van der Waals surface area contributed by atoms with E-state index in [0.29, 0.717) is 11.3 Å². The van der Waals surface area contributed by atoms with E-state index in [1.807, 2.05) is 36.4 Å². The lowest BCUT2D eigenvalue weighted by Crippen LogP contribution is -2.22. The maximum Gasteiger partial charge on any atom is 0.253 e. The maximum atomic E-state index is 13.2. The minimum Gasteiger partial charge on any atom is -0.505 e. The second-order valence-corrected chi connectivity index (χ2v) is 9.52. The van der Waals surface area contributed by atoms with Gasteiger partial charge in [-0.3, -0.25) is 4.79 Å². The summed E-state index contributed by atoms with van der Waals surface area (Å²) in [4.78, 5) is 13.2. The van der Waals surface area contributed by atoms with E-state index in [1.165, 1.54) is 32.2 Å². The molecular formula is C23H22ClNO5S. The van der Waals surface area contributed by atoms with Crippen molar-refractivity contribution in [2.24, 2.45) is 0 Å². The molecule has 0 aliphatic carbocycles. The molecule has 8 heteroatoms. The fourth-order valence-corrected chi connectivity index (χ4v) is 4.95. The van der Waals surface area contributed by atoms with Crippen molar-refractivity contribution < 1.29 is 23.1 Å². The highest BCUT2D eigenvalue weighted by Crippen LogP contribution is 2.36. The largest absolute Gasteiger partial charge is 0.505 e. The number of sulfone groups is 1. The fraction of sp³-hybridized carbons (Fsp3) is 0.174. The van der Waals surface area contributed by atoms with Gasteiger partial charge in [-0.05, 0) is 35.4 Å². The Morgan fingerprint density at radius 3 is 2.32 bits per heavy atom.